The van der Waals surface area contributed by atoms with E-state index in [1.54, 1.807) is 12.1 Å². The molecular weight excluding hydrogens is 312 g/mol. The highest BCUT2D eigenvalue weighted by molar-refractivity contribution is 6.09. The number of nitrogens with zero attached hydrogens (tertiary/aromatic N) is 1. The number of rotatable bonds is 2. The Morgan fingerprint density at radius 3 is 2.48 bits per heavy atom. The first kappa shape index (κ1) is 17.5. The number of amides is 1. The van der Waals surface area contributed by atoms with Crippen LogP contribution in [0.1, 0.15) is 56.8 Å². The molecule has 0 saturated heterocycles. The minimum Gasteiger partial charge on any atom is -0.507 e. The van der Waals surface area contributed by atoms with E-state index in [1.807, 2.05) is 24.3 Å². The number of phenols is 1. The second-order valence-corrected chi connectivity index (χ2v) is 7.94. The van der Waals surface area contributed by atoms with E-state index >= 15 is 0 Å². The molecule has 1 saturated carbocycles. The smallest absolute Gasteiger partial charge is 0.275 e. The summed E-state index contributed by atoms with van der Waals surface area (Å²) in [5.41, 5.74) is 4.29. The molecule has 0 heterocycles. The minimum absolute atomic E-state index is 0.0205. The van der Waals surface area contributed by atoms with Gasteiger partial charge in [-0.25, -0.2) is 5.43 Å². The monoisotopic (exact) mass is 338 g/mol. The number of hydrogen-bond acceptors (Lipinski definition) is 3. The molecule has 1 fully saturated rings. The molecule has 4 nitrogen and oxygen atoms in total. The molecule has 0 aliphatic heterocycles. The van der Waals surface area contributed by atoms with Gasteiger partial charge in [0.15, 0.2) is 0 Å². The second-order valence-electron chi connectivity index (χ2n) is 7.94. The SMILES string of the molecule is CC(C)(C)C1CCC(=NNC(=O)c2c(O)ccc3ccccc23)CC1. The molecule has 0 aromatic heterocycles. The Hall–Kier alpha value is -2.36. The lowest BCUT2D eigenvalue weighted by Gasteiger charge is -2.34. The Kier molecular flexibility index (Phi) is 4.80. The summed E-state index contributed by atoms with van der Waals surface area (Å²) in [6, 6.07) is 10.9. The molecule has 2 aromatic carbocycles. The van der Waals surface area contributed by atoms with Gasteiger partial charge in [-0.3, -0.25) is 4.79 Å². The average molecular weight is 338 g/mol. The molecule has 4 heteroatoms. The predicted octanol–water partition coefficient (Wildman–Crippen LogP) is 4.87. The van der Waals surface area contributed by atoms with E-state index in [2.05, 4.69) is 31.3 Å². The molecule has 0 spiro atoms. The zero-order chi connectivity index (χ0) is 18.0. The number of benzene rings is 2. The molecular formula is C21H26N2O2. The highest BCUT2D eigenvalue weighted by Crippen LogP contribution is 2.36. The predicted molar refractivity (Wildman–Crippen MR) is 102 cm³/mol. The fourth-order valence-electron chi connectivity index (χ4n) is 3.61. The summed E-state index contributed by atoms with van der Waals surface area (Å²) < 4.78 is 0. The number of phenolic OH excluding ortho intramolecular Hbond substituents is 1. The number of hydrazone groups is 1. The first-order valence-corrected chi connectivity index (χ1v) is 8.93. The number of aromatic hydroxyl groups is 1. The molecule has 132 valence electrons. The van der Waals surface area contributed by atoms with E-state index in [0.29, 0.717) is 11.3 Å². The Labute approximate surface area is 148 Å². The van der Waals surface area contributed by atoms with Crippen molar-refractivity contribution in [3.05, 3.63) is 42.0 Å². The van der Waals surface area contributed by atoms with Gasteiger partial charge in [0.2, 0.25) is 0 Å². The van der Waals surface area contributed by atoms with Gasteiger partial charge < -0.3 is 5.11 Å². The van der Waals surface area contributed by atoms with E-state index in [0.717, 1.165) is 42.2 Å². The molecule has 2 N–H and O–H groups in total. The van der Waals surface area contributed by atoms with E-state index in [1.165, 1.54) is 0 Å². The number of carbonyl (C=O) groups excluding carboxylic acids is 1. The fraction of sp³-hybridized carbons (Fsp3) is 0.429. The van der Waals surface area contributed by atoms with Crippen LogP contribution in [0, 0.1) is 11.3 Å². The molecule has 2 aromatic rings. The molecule has 3 rings (SSSR count). The third-order valence-corrected chi connectivity index (χ3v) is 5.24. The van der Waals surface area contributed by atoms with Crippen molar-refractivity contribution in [2.45, 2.75) is 46.5 Å². The number of fused-ring (bicyclic) bond motifs is 1. The van der Waals surface area contributed by atoms with Crippen LogP contribution in [0.4, 0.5) is 0 Å². The number of nitrogens with one attached hydrogen (secondary N) is 1. The summed E-state index contributed by atoms with van der Waals surface area (Å²) in [5.74, 6) is 0.317. The third-order valence-electron chi connectivity index (χ3n) is 5.24. The normalized spacial score (nSPS) is 18.2. The third kappa shape index (κ3) is 3.84. The van der Waals surface area contributed by atoms with Gasteiger partial charge in [-0.15, -0.1) is 0 Å². The molecule has 1 aliphatic carbocycles. The summed E-state index contributed by atoms with van der Waals surface area (Å²) in [6.07, 6.45) is 4.06. The van der Waals surface area contributed by atoms with Gasteiger partial charge in [-0.05, 0) is 53.9 Å². The van der Waals surface area contributed by atoms with Gasteiger partial charge >= 0.3 is 0 Å². The Morgan fingerprint density at radius 2 is 1.80 bits per heavy atom. The van der Waals surface area contributed by atoms with Crippen LogP contribution >= 0.6 is 0 Å². The Balaban J connectivity index is 1.73. The van der Waals surface area contributed by atoms with Crippen molar-refractivity contribution in [1.29, 1.82) is 0 Å². The van der Waals surface area contributed by atoms with E-state index < -0.39 is 0 Å². The summed E-state index contributed by atoms with van der Waals surface area (Å²) in [5, 5.41) is 16.1. The van der Waals surface area contributed by atoms with E-state index in [-0.39, 0.29) is 17.2 Å². The van der Waals surface area contributed by atoms with Crippen LogP contribution in [0.3, 0.4) is 0 Å². The van der Waals surface area contributed by atoms with Crippen molar-refractivity contribution in [2.24, 2.45) is 16.4 Å². The standard InChI is InChI=1S/C21H26N2O2/c1-21(2,3)15-9-11-16(12-10-15)22-23-20(25)19-17-7-5-4-6-14(17)8-13-18(19)24/h4-8,13,15,24H,9-12H2,1-3H3,(H,23,25). The zero-order valence-corrected chi connectivity index (χ0v) is 15.2. The van der Waals surface area contributed by atoms with Crippen LogP contribution in [0.2, 0.25) is 0 Å². The first-order valence-electron chi connectivity index (χ1n) is 8.93. The van der Waals surface area contributed by atoms with Crippen molar-refractivity contribution in [2.75, 3.05) is 0 Å². The quantitative estimate of drug-likeness (QED) is 0.768. The van der Waals surface area contributed by atoms with Gasteiger partial charge in [0, 0.05) is 5.71 Å². The fourth-order valence-corrected chi connectivity index (χ4v) is 3.61. The Morgan fingerprint density at radius 1 is 1.12 bits per heavy atom. The van der Waals surface area contributed by atoms with Gasteiger partial charge in [-0.1, -0.05) is 51.1 Å². The van der Waals surface area contributed by atoms with Gasteiger partial charge in [0.1, 0.15) is 5.75 Å². The molecule has 1 amide bonds. The molecule has 0 bridgehead atoms. The van der Waals surface area contributed by atoms with Crippen molar-refractivity contribution in [3.8, 4) is 5.75 Å². The van der Waals surface area contributed by atoms with Gasteiger partial charge in [0.25, 0.3) is 5.91 Å². The van der Waals surface area contributed by atoms with Crippen molar-refractivity contribution >= 4 is 22.4 Å². The largest absolute Gasteiger partial charge is 0.507 e. The minimum atomic E-state index is -0.361. The lowest BCUT2D eigenvalue weighted by atomic mass is 9.72. The zero-order valence-electron chi connectivity index (χ0n) is 15.2. The first-order chi connectivity index (χ1) is 11.9. The maximum atomic E-state index is 12.6. The lowest BCUT2D eigenvalue weighted by Crippen LogP contribution is -2.27. The second kappa shape index (κ2) is 6.87. The summed E-state index contributed by atoms with van der Waals surface area (Å²) in [4.78, 5) is 12.6. The van der Waals surface area contributed by atoms with Crippen molar-refractivity contribution in [3.63, 3.8) is 0 Å². The summed E-state index contributed by atoms with van der Waals surface area (Å²) in [7, 11) is 0. The molecule has 1 aliphatic rings. The molecule has 25 heavy (non-hydrogen) atoms. The average Bonchev–Trinajstić information content (AvgIpc) is 2.59. The lowest BCUT2D eigenvalue weighted by molar-refractivity contribution is 0.0953. The van der Waals surface area contributed by atoms with Crippen molar-refractivity contribution in [1.82, 2.24) is 5.43 Å². The maximum Gasteiger partial charge on any atom is 0.275 e. The van der Waals surface area contributed by atoms with Crippen LogP contribution in [0.5, 0.6) is 5.75 Å². The number of hydrogen-bond donors (Lipinski definition) is 2. The van der Waals surface area contributed by atoms with Crippen LogP contribution < -0.4 is 5.43 Å². The Bertz CT molecular complexity index is 808. The molecule has 0 unspecified atom stereocenters. The number of carbonyl (C=O) groups is 1. The highest BCUT2D eigenvalue weighted by atomic mass is 16.3. The topological polar surface area (TPSA) is 61.7 Å². The summed E-state index contributed by atoms with van der Waals surface area (Å²) in [6.45, 7) is 6.85. The highest BCUT2D eigenvalue weighted by Gasteiger charge is 2.28. The molecule has 0 atom stereocenters. The van der Waals surface area contributed by atoms with Crippen LogP contribution in [-0.4, -0.2) is 16.7 Å². The van der Waals surface area contributed by atoms with E-state index in [4.69, 9.17) is 0 Å². The van der Waals surface area contributed by atoms with Crippen LogP contribution in [0.25, 0.3) is 10.8 Å². The van der Waals surface area contributed by atoms with Crippen LogP contribution in [0.15, 0.2) is 41.5 Å². The summed E-state index contributed by atoms with van der Waals surface area (Å²) >= 11 is 0. The van der Waals surface area contributed by atoms with Gasteiger partial charge in [0.05, 0.1) is 5.56 Å². The molecule has 0 radical (unpaired) electrons. The van der Waals surface area contributed by atoms with Gasteiger partial charge in [-0.2, -0.15) is 5.10 Å². The van der Waals surface area contributed by atoms with E-state index in [9.17, 15) is 9.90 Å². The van der Waals surface area contributed by atoms with Crippen LogP contribution in [-0.2, 0) is 0 Å². The van der Waals surface area contributed by atoms with Crippen molar-refractivity contribution < 1.29 is 9.90 Å². The maximum absolute atomic E-state index is 12.6.